The van der Waals surface area contributed by atoms with Gasteiger partial charge in [-0.15, -0.1) is 0 Å². The Morgan fingerprint density at radius 3 is 2.36 bits per heavy atom. The molecule has 2 aromatic rings. The van der Waals surface area contributed by atoms with E-state index in [-0.39, 0.29) is 18.5 Å². The Hall–Kier alpha value is -2.54. The Kier molecular flexibility index (Phi) is 6.24. The first kappa shape index (κ1) is 20.2. The van der Waals surface area contributed by atoms with Gasteiger partial charge in [0.05, 0.1) is 18.2 Å². The largest absolute Gasteiger partial charge is 0.416 e. The van der Waals surface area contributed by atoms with Crippen molar-refractivity contribution in [3.8, 4) is 0 Å². The molecule has 1 fully saturated rings. The molecule has 1 saturated heterocycles. The Balaban J connectivity index is 1.50. The number of nitrogens with zero attached hydrogens (tertiary/aromatic N) is 2. The molecule has 0 saturated carbocycles. The number of alkyl halides is 3. The number of carbonyl (C=O) groups is 1. The zero-order chi connectivity index (χ0) is 20.1. The molecule has 0 bridgehead atoms. The van der Waals surface area contributed by atoms with Crippen molar-refractivity contribution < 1.29 is 18.0 Å². The summed E-state index contributed by atoms with van der Waals surface area (Å²) < 4.78 is 38.7. The maximum atomic E-state index is 12.9. The molecule has 1 N–H and O–H groups in total. The molecule has 2 aromatic carbocycles. The van der Waals surface area contributed by atoms with Gasteiger partial charge < -0.3 is 10.2 Å². The summed E-state index contributed by atoms with van der Waals surface area (Å²) >= 11 is 0. The van der Waals surface area contributed by atoms with Crippen LogP contribution < -0.4 is 10.2 Å². The molecule has 0 aromatic heterocycles. The highest BCUT2D eigenvalue weighted by molar-refractivity contribution is 5.78. The molecule has 7 heteroatoms. The molecule has 1 aliphatic heterocycles. The first-order valence-electron chi connectivity index (χ1n) is 9.32. The number of nitrogens with one attached hydrogen (secondary N) is 1. The van der Waals surface area contributed by atoms with E-state index in [1.54, 1.807) is 6.07 Å². The second-order valence-electron chi connectivity index (χ2n) is 7.01. The third kappa shape index (κ3) is 5.25. The molecule has 1 amide bonds. The van der Waals surface area contributed by atoms with Crippen molar-refractivity contribution in [1.82, 2.24) is 10.2 Å². The highest BCUT2D eigenvalue weighted by atomic mass is 19.4. The number of benzene rings is 2. The molecule has 1 heterocycles. The predicted octanol–water partition coefficient (Wildman–Crippen LogP) is 3.70. The van der Waals surface area contributed by atoms with Crippen LogP contribution in [0.15, 0.2) is 54.6 Å². The monoisotopic (exact) mass is 391 g/mol. The fourth-order valence-electron chi connectivity index (χ4n) is 3.36. The lowest BCUT2D eigenvalue weighted by atomic mass is 10.1. The van der Waals surface area contributed by atoms with Crippen LogP contribution in [0.25, 0.3) is 0 Å². The lowest BCUT2D eigenvalue weighted by Gasteiger charge is -2.36. The van der Waals surface area contributed by atoms with E-state index in [2.05, 4.69) is 5.32 Å². The summed E-state index contributed by atoms with van der Waals surface area (Å²) in [7, 11) is 0. The van der Waals surface area contributed by atoms with E-state index in [1.165, 1.54) is 12.1 Å². The normalized spacial score (nSPS) is 16.6. The van der Waals surface area contributed by atoms with Crippen LogP contribution >= 0.6 is 0 Å². The van der Waals surface area contributed by atoms with Gasteiger partial charge in [0, 0.05) is 31.9 Å². The number of carbonyl (C=O) groups excluding carboxylic acids is 1. The number of amides is 1. The SMILES string of the molecule is CC(NC(=O)CN1CCN(c2cccc(C(F)(F)F)c2)CC1)c1ccccc1. The maximum Gasteiger partial charge on any atom is 0.416 e. The van der Waals surface area contributed by atoms with Crippen LogP contribution in [-0.2, 0) is 11.0 Å². The molecule has 4 nitrogen and oxygen atoms in total. The second-order valence-corrected chi connectivity index (χ2v) is 7.01. The lowest BCUT2D eigenvalue weighted by Crippen LogP contribution is -2.49. The Bertz CT molecular complexity index is 787. The topological polar surface area (TPSA) is 35.6 Å². The van der Waals surface area contributed by atoms with Crippen molar-refractivity contribution in [3.05, 3.63) is 65.7 Å². The van der Waals surface area contributed by atoms with Crippen LogP contribution in [0.5, 0.6) is 0 Å². The zero-order valence-electron chi connectivity index (χ0n) is 15.7. The number of hydrogen-bond acceptors (Lipinski definition) is 3. The average molecular weight is 391 g/mol. The summed E-state index contributed by atoms with van der Waals surface area (Å²) in [6.45, 7) is 4.66. The number of rotatable bonds is 5. The van der Waals surface area contributed by atoms with Crippen LogP contribution in [0.2, 0.25) is 0 Å². The van der Waals surface area contributed by atoms with Crippen molar-refractivity contribution in [2.75, 3.05) is 37.6 Å². The van der Waals surface area contributed by atoms with Crippen LogP contribution in [-0.4, -0.2) is 43.5 Å². The van der Waals surface area contributed by atoms with Gasteiger partial charge in [-0.1, -0.05) is 36.4 Å². The highest BCUT2D eigenvalue weighted by Crippen LogP contribution is 2.31. The molecular weight excluding hydrogens is 367 g/mol. The first-order chi connectivity index (χ1) is 13.3. The molecule has 0 aliphatic carbocycles. The fourth-order valence-corrected chi connectivity index (χ4v) is 3.36. The smallest absolute Gasteiger partial charge is 0.369 e. The van der Waals surface area contributed by atoms with Gasteiger partial charge in [0.25, 0.3) is 0 Å². The average Bonchev–Trinajstić information content (AvgIpc) is 2.68. The minimum Gasteiger partial charge on any atom is -0.369 e. The number of anilines is 1. The van der Waals surface area contributed by atoms with E-state index in [0.29, 0.717) is 31.9 Å². The second kappa shape index (κ2) is 8.65. The minimum absolute atomic E-state index is 0.0520. The van der Waals surface area contributed by atoms with Gasteiger partial charge in [-0.2, -0.15) is 13.2 Å². The van der Waals surface area contributed by atoms with Crippen molar-refractivity contribution in [1.29, 1.82) is 0 Å². The molecule has 150 valence electrons. The lowest BCUT2D eigenvalue weighted by molar-refractivity contribution is -0.137. The summed E-state index contributed by atoms with van der Waals surface area (Å²) in [6, 6.07) is 15.1. The maximum absolute atomic E-state index is 12.9. The molecule has 1 aliphatic rings. The molecule has 3 rings (SSSR count). The van der Waals surface area contributed by atoms with Gasteiger partial charge in [0.2, 0.25) is 5.91 Å². The summed E-state index contributed by atoms with van der Waals surface area (Å²) in [5.74, 6) is -0.0520. The van der Waals surface area contributed by atoms with Gasteiger partial charge in [-0.3, -0.25) is 9.69 Å². The molecule has 1 unspecified atom stereocenters. The van der Waals surface area contributed by atoms with Crippen LogP contribution in [0.3, 0.4) is 0 Å². The molecule has 0 radical (unpaired) electrons. The zero-order valence-corrected chi connectivity index (χ0v) is 15.7. The van der Waals surface area contributed by atoms with Crippen LogP contribution in [0.4, 0.5) is 18.9 Å². The Labute approximate surface area is 162 Å². The highest BCUT2D eigenvalue weighted by Gasteiger charge is 2.31. The molecule has 1 atom stereocenters. The molecule has 28 heavy (non-hydrogen) atoms. The summed E-state index contributed by atoms with van der Waals surface area (Å²) in [6.07, 6.45) is -4.34. The van der Waals surface area contributed by atoms with Crippen molar-refractivity contribution in [2.45, 2.75) is 19.1 Å². The van der Waals surface area contributed by atoms with E-state index >= 15 is 0 Å². The van der Waals surface area contributed by atoms with E-state index in [1.807, 2.05) is 47.1 Å². The van der Waals surface area contributed by atoms with Crippen molar-refractivity contribution in [2.24, 2.45) is 0 Å². The number of hydrogen-bond donors (Lipinski definition) is 1. The summed E-state index contributed by atoms with van der Waals surface area (Å²) in [5.41, 5.74) is 0.976. The van der Waals surface area contributed by atoms with Gasteiger partial charge in [-0.05, 0) is 30.7 Å². The van der Waals surface area contributed by atoms with Crippen LogP contribution in [0, 0.1) is 0 Å². The number of piperazine rings is 1. The summed E-state index contributed by atoms with van der Waals surface area (Å²) in [4.78, 5) is 16.3. The van der Waals surface area contributed by atoms with E-state index in [9.17, 15) is 18.0 Å². The van der Waals surface area contributed by atoms with E-state index < -0.39 is 11.7 Å². The predicted molar refractivity (Wildman–Crippen MR) is 103 cm³/mol. The standard InChI is InChI=1S/C21H24F3N3O/c1-16(17-6-3-2-4-7-17)25-20(28)15-26-10-12-27(13-11-26)19-9-5-8-18(14-19)21(22,23)24/h2-9,14,16H,10-13,15H2,1H3,(H,25,28). The van der Waals surface area contributed by atoms with Gasteiger partial charge in [0.15, 0.2) is 0 Å². The van der Waals surface area contributed by atoms with Crippen LogP contribution in [0.1, 0.15) is 24.1 Å². The van der Waals surface area contributed by atoms with Crippen molar-refractivity contribution >= 4 is 11.6 Å². The number of halogens is 3. The minimum atomic E-state index is -4.34. The molecular formula is C21H24F3N3O. The quantitative estimate of drug-likeness (QED) is 0.844. The van der Waals surface area contributed by atoms with Gasteiger partial charge in [-0.25, -0.2) is 0 Å². The Morgan fingerprint density at radius 2 is 1.71 bits per heavy atom. The first-order valence-corrected chi connectivity index (χ1v) is 9.32. The van der Waals surface area contributed by atoms with Gasteiger partial charge >= 0.3 is 6.18 Å². The molecule has 0 spiro atoms. The summed E-state index contributed by atoms with van der Waals surface area (Å²) in [5, 5.41) is 2.99. The van der Waals surface area contributed by atoms with E-state index in [0.717, 1.165) is 11.6 Å². The third-order valence-electron chi connectivity index (χ3n) is 4.96. The Morgan fingerprint density at radius 1 is 1.04 bits per heavy atom. The van der Waals surface area contributed by atoms with Gasteiger partial charge in [0.1, 0.15) is 0 Å². The fraction of sp³-hybridized carbons (Fsp3) is 0.381. The third-order valence-corrected chi connectivity index (χ3v) is 4.96. The van der Waals surface area contributed by atoms with Crippen molar-refractivity contribution in [3.63, 3.8) is 0 Å². The van der Waals surface area contributed by atoms with E-state index in [4.69, 9.17) is 0 Å².